The Labute approximate surface area is 158 Å². The van der Waals surface area contributed by atoms with Crippen LogP contribution in [0.2, 0.25) is 5.02 Å². The molecule has 0 aliphatic heterocycles. The van der Waals surface area contributed by atoms with E-state index in [0.29, 0.717) is 16.0 Å². The number of rotatable bonds is 5. The van der Waals surface area contributed by atoms with Gasteiger partial charge in [-0.15, -0.1) is 10.2 Å². The molecular weight excluding hydrogens is 377 g/mol. The Hall–Kier alpha value is -2.58. The Balaban J connectivity index is 1.65. The van der Waals surface area contributed by atoms with Gasteiger partial charge in [-0.1, -0.05) is 53.2 Å². The van der Waals surface area contributed by atoms with Gasteiger partial charge in [0.25, 0.3) is 0 Å². The average Bonchev–Trinajstić information content (AvgIpc) is 2.98. The fourth-order valence-electron chi connectivity index (χ4n) is 2.18. The summed E-state index contributed by atoms with van der Waals surface area (Å²) >= 11 is 6.90. The number of aromatic nitrogens is 3. The van der Waals surface area contributed by atoms with Crippen molar-refractivity contribution in [2.24, 2.45) is 0 Å². The van der Waals surface area contributed by atoms with Crippen LogP contribution >= 0.6 is 23.4 Å². The van der Waals surface area contributed by atoms with Gasteiger partial charge in [-0.3, -0.25) is 4.79 Å². The fourth-order valence-corrected chi connectivity index (χ4v) is 3.01. The number of anilines is 1. The molecule has 3 rings (SSSR count). The van der Waals surface area contributed by atoms with Gasteiger partial charge in [-0.05, 0) is 25.1 Å². The maximum Gasteiger partial charge on any atom is 0.234 e. The minimum absolute atomic E-state index is 0.00478. The zero-order valence-electron chi connectivity index (χ0n) is 13.7. The van der Waals surface area contributed by atoms with Crippen LogP contribution in [0.4, 0.5) is 10.1 Å². The number of amides is 1. The highest BCUT2D eigenvalue weighted by Gasteiger charge is 2.14. The Kier molecular flexibility index (Phi) is 5.43. The molecule has 134 valence electrons. The number of nitrogens with one attached hydrogen (secondary N) is 1. The van der Waals surface area contributed by atoms with Gasteiger partial charge in [0.1, 0.15) is 5.82 Å². The third kappa shape index (κ3) is 4.14. The molecule has 0 saturated carbocycles. The summed E-state index contributed by atoms with van der Waals surface area (Å²) < 4.78 is 15.0. The first kappa shape index (κ1) is 18.2. The molecule has 0 unspecified atom stereocenters. The highest BCUT2D eigenvalue weighted by molar-refractivity contribution is 7.99. The van der Waals surface area contributed by atoms with Gasteiger partial charge in [0, 0.05) is 10.6 Å². The fraction of sp³-hybridized carbons (Fsp3) is 0.118. The van der Waals surface area contributed by atoms with E-state index in [1.54, 1.807) is 0 Å². The summed E-state index contributed by atoms with van der Waals surface area (Å²) in [5, 5.41) is 11.2. The van der Waals surface area contributed by atoms with E-state index in [9.17, 15) is 9.18 Å². The number of halogens is 2. The second-order valence-corrected chi connectivity index (χ2v) is 6.88. The van der Waals surface area contributed by atoms with Crippen LogP contribution in [-0.4, -0.2) is 26.5 Å². The summed E-state index contributed by atoms with van der Waals surface area (Å²) in [4.78, 5) is 12.0. The Morgan fingerprint density at radius 2 is 2.00 bits per heavy atom. The molecule has 0 spiro atoms. The summed E-state index contributed by atoms with van der Waals surface area (Å²) in [6.45, 7) is 1.99. The van der Waals surface area contributed by atoms with E-state index in [-0.39, 0.29) is 11.4 Å². The predicted octanol–water partition coefficient (Wildman–Crippen LogP) is 3.49. The molecule has 0 saturated heterocycles. The largest absolute Gasteiger partial charge is 0.335 e. The molecule has 0 radical (unpaired) electrons. The standard InChI is InChI=1S/C17H15ClFN5OS/c1-10-2-4-11(5-3-10)16-22-23-17(24(16)20)26-9-15(25)21-14-8-12(18)6-7-13(14)19/h2-8H,9,20H2,1H3,(H,21,25). The molecule has 1 amide bonds. The molecule has 0 aliphatic carbocycles. The highest BCUT2D eigenvalue weighted by Crippen LogP contribution is 2.23. The molecule has 1 heterocycles. The van der Waals surface area contributed by atoms with Crippen molar-refractivity contribution in [3.8, 4) is 11.4 Å². The maximum absolute atomic E-state index is 13.7. The zero-order valence-corrected chi connectivity index (χ0v) is 15.3. The van der Waals surface area contributed by atoms with Gasteiger partial charge in [0.05, 0.1) is 11.4 Å². The van der Waals surface area contributed by atoms with Crippen molar-refractivity contribution in [2.75, 3.05) is 16.9 Å². The van der Waals surface area contributed by atoms with Crippen LogP contribution in [0, 0.1) is 12.7 Å². The van der Waals surface area contributed by atoms with E-state index in [0.717, 1.165) is 22.9 Å². The quantitative estimate of drug-likeness (QED) is 0.513. The van der Waals surface area contributed by atoms with Crippen LogP contribution in [-0.2, 0) is 4.79 Å². The predicted molar refractivity (Wildman–Crippen MR) is 101 cm³/mol. The third-order valence-corrected chi connectivity index (χ3v) is 4.69. The number of carbonyl (C=O) groups is 1. The van der Waals surface area contributed by atoms with E-state index >= 15 is 0 Å². The summed E-state index contributed by atoms with van der Waals surface area (Å²) in [6.07, 6.45) is 0. The van der Waals surface area contributed by atoms with Crippen molar-refractivity contribution in [1.82, 2.24) is 14.9 Å². The normalized spacial score (nSPS) is 10.7. The Morgan fingerprint density at radius 1 is 1.27 bits per heavy atom. The summed E-state index contributed by atoms with van der Waals surface area (Å²) in [5.74, 6) is 5.54. The van der Waals surface area contributed by atoms with Crippen molar-refractivity contribution in [3.05, 3.63) is 58.9 Å². The lowest BCUT2D eigenvalue weighted by Gasteiger charge is -2.07. The summed E-state index contributed by atoms with van der Waals surface area (Å²) in [7, 11) is 0. The van der Waals surface area contributed by atoms with E-state index in [1.807, 2.05) is 31.2 Å². The maximum atomic E-state index is 13.7. The first-order valence-electron chi connectivity index (χ1n) is 7.59. The van der Waals surface area contributed by atoms with Crippen molar-refractivity contribution in [1.29, 1.82) is 0 Å². The molecule has 26 heavy (non-hydrogen) atoms. The van der Waals surface area contributed by atoms with Crippen LogP contribution in [0.5, 0.6) is 0 Å². The lowest BCUT2D eigenvalue weighted by atomic mass is 10.1. The van der Waals surface area contributed by atoms with Crippen LogP contribution in [0.25, 0.3) is 11.4 Å². The average molecular weight is 392 g/mol. The van der Waals surface area contributed by atoms with Crippen molar-refractivity contribution in [3.63, 3.8) is 0 Å². The van der Waals surface area contributed by atoms with Crippen LogP contribution < -0.4 is 11.2 Å². The number of hydrogen-bond donors (Lipinski definition) is 2. The molecule has 0 atom stereocenters. The molecule has 2 aromatic carbocycles. The summed E-state index contributed by atoms with van der Waals surface area (Å²) in [6, 6.07) is 11.6. The SMILES string of the molecule is Cc1ccc(-c2nnc(SCC(=O)Nc3cc(Cl)ccc3F)n2N)cc1. The zero-order chi connectivity index (χ0) is 18.7. The minimum atomic E-state index is -0.559. The topological polar surface area (TPSA) is 85.8 Å². The van der Waals surface area contributed by atoms with Gasteiger partial charge in [-0.25, -0.2) is 9.07 Å². The second kappa shape index (κ2) is 7.76. The third-order valence-electron chi connectivity index (χ3n) is 3.51. The number of aryl methyl sites for hydroxylation is 1. The number of nitrogens with two attached hydrogens (primary N) is 1. The van der Waals surface area contributed by atoms with Gasteiger partial charge >= 0.3 is 0 Å². The molecular formula is C17H15ClFN5OS. The van der Waals surface area contributed by atoms with Gasteiger partial charge < -0.3 is 11.2 Å². The molecule has 0 bridgehead atoms. The molecule has 3 aromatic rings. The number of thioether (sulfide) groups is 1. The number of nitrogens with zero attached hydrogens (tertiary/aromatic N) is 3. The second-order valence-electron chi connectivity index (χ2n) is 5.50. The first-order chi connectivity index (χ1) is 12.4. The molecule has 6 nitrogen and oxygen atoms in total. The number of hydrogen-bond acceptors (Lipinski definition) is 5. The van der Waals surface area contributed by atoms with Crippen LogP contribution in [0.1, 0.15) is 5.56 Å². The van der Waals surface area contributed by atoms with E-state index < -0.39 is 11.7 Å². The first-order valence-corrected chi connectivity index (χ1v) is 8.95. The number of nitrogen functional groups attached to an aromatic ring is 1. The lowest BCUT2D eigenvalue weighted by molar-refractivity contribution is -0.113. The molecule has 9 heteroatoms. The smallest absolute Gasteiger partial charge is 0.234 e. The lowest BCUT2D eigenvalue weighted by Crippen LogP contribution is -2.17. The number of benzene rings is 2. The number of carbonyl (C=O) groups excluding carboxylic acids is 1. The molecule has 0 aliphatic rings. The van der Waals surface area contributed by atoms with E-state index in [4.69, 9.17) is 17.4 Å². The Bertz CT molecular complexity index is 945. The van der Waals surface area contributed by atoms with Crippen molar-refractivity contribution in [2.45, 2.75) is 12.1 Å². The molecule has 0 fully saturated rings. The van der Waals surface area contributed by atoms with Gasteiger partial charge in [-0.2, -0.15) is 0 Å². The van der Waals surface area contributed by atoms with Crippen LogP contribution in [0.3, 0.4) is 0 Å². The molecule has 1 aromatic heterocycles. The molecule has 3 N–H and O–H groups in total. The highest BCUT2D eigenvalue weighted by atomic mass is 35.5. The van der Waals surface area contributed by atoms with Crippen molar-refractivity contribution < 1.29 is 9.18 Å². The Morgan fingerprint density at radius 3 is 2.73 bits per heavy atom. The summed E-state index contributed by atoms with van der Waals surface area (Å²) in [5.41, 5.74) is 1.97. The monoisotopic (exact) mass is 391 g/mol. The van der Waals surface area contributed by atoms with Gasteiger partial charge in [0.2, 0.25) is 11.1 Å². The van der Waals surface area contributed by atoms with Crippen LogP contribution in [0.15, 0.2) is 47.6 Å². The van der Waals surface area contributed by atoms with Crippen molar-refractivity contribution >= 4 is 35.0 Å². The van der Waals surface area contributed by atoms with E-state index in [1.165, 1.54) is 22.9 Å². The van der Waals surface area contributed by atoms with Gasteiger partial charge in [0.15, 0.2) is 5.82 Å². The minimum Gasteiger partial charge on any atom is -0.335 e. The van der Waals surface area contributed by atoms with E-state index in [2.05, 4.69) is 15.5 Å².